The molecule has 1 saturated carbocycles. The van der Waals surface area contributed by atoms with E-state index in [1.165, 1.54) is 0 Å². The lowest BCUT2D eigenvalue weighted by Gasteiger charge is -2.37. The average Bonchev–Trinajstić information content (AvgIpc) is 2.60. The molecule has 2 aliphatic rings. The number of carbonyl (C=O) groups excluding carboxylic acids is 2. The fourth-order valence-corrected chi connectivity index (χ4v) is 2.79. The number of likely N-dealkylation sites (N-methyl/N-ethyl adjacent to an activating group) is 1. The first kappa shape index (κ1) is 11.2. The van der Waals surface area contributed by atoms with Crippen LogP contribution in [-0.2, 0) is 21.5 Å². The van der Waals surface area contributed by atoms with Gasteiger partial charge in [0.05, 0.1) is 12.0 Å². The zero-order valence-electron chi connectivity index (χ0n) is 10.3. The van der Waals surface area contributed by atoms with Gasteiger partial charge < -0.3 is 4.90 Å². The molecule has 0 unspecified atom stereocenters. The van der Waals surface area contributed by atoms with Crippen LogP contribution < -0.4 is 4.90 Å². The van der Waals surface area contributed by atoms with Gasteiger partial charge >= 0.3 is 0 Å². The van der Waals surface area contributed by atoms with Crippen molar-refractivity contribution in [2.75, 3.05) is 11.9 Å². The molecule has 0 radical (unpaired) electrons. The van der Waals surface area contributed by atoms with Crippen LogP contribution in [0.2, 0.25) is 0 Å². The van der Waals surface area contributed by atoms with Gasteiger partial charge in [0.2, 0.25) is 12.0 Å². The number of benzene rings is 1. The molecule has 0 bridgehead atoms. The van der Waals surface area contributed by atoms with E-state index >= 15 is 0 Å². The molecule has 18 heavy (non-hydrogen) atoms. The minimum Gasteiger partial charge on any atom is -0.315 e. The Bertz CT molecular complexity index is 569. The topological polar surface area (TPSA) is 49.7 Å². The molecule has 3 rings (SSSR count). The highest BCUT2D eigenvalue weighted by molar-refractivity contribution is 6.01. The molecule has 0 saturated heterocycles. The third-order valence-corrected chi connectivity index (χ3v) is 4.14. The van der Waals surface area contributed by atoms with Gasteiger partial charge in [-0.05, 0) is 36.5 Å². The number of hydrogen-bond acceptors (Lipinski definition) is 3. The second-order valence-corrected chi connectivity index (χ2v) is 5.06. The molecule has 0 N–H and O–H groups in total. The van der Waals surface area contributed by atoms with Gasteiger partial charge in [-0.25, -0.2) is 4.79 Å². The fourth-order valence-electron chi connectivity index (χ4n) is 2.79. The number of hydrogen-bond donors (Lipinski definition) is 0. The van der Waals surface area contributed by atoms with E-state index in [2.05, 4.69) is 4.99 Å². The van der Waals surface area contributed by atoms with E-state index in [-0.39, 0.29) is 11.4 Å². The van der Waals surface area contributed by atoms with E-state index in [1.807, 2.05) is 18.2 Å². The van der Waals surface area contributed by atoms with Crippen LogP contribution in [0.4, 0.5) is 5.69 Å². The SMILES string of the molecule is CN1C(=O)Cc2ccc(C3(N=C=O)CCC3)cc21. The second-order valence-electron chi connectivity index (χ2n) is 5.06. The van der Waals surface area contributed by atoms with E-state index in [0.717, 1.165) is 36.1 Å². The number of nitrogens with zero attached hydrogens (tertiary/aromatic N) is 2. The maximum absolute atomic E-state index is 11.6. The van der Waals surface area contributed by atoms with E-state index < -0.39 is 0 Å². The second kappa shape index (κ2) is 3.79. The summed E-state index contributed by atoms with van der Waals surface area (Å²) in [6, 6.07) is 5.97. The Morgan fingerprint density at radius 2 is 2.17 bits per heavy atom. The zero-order chi connectivity index (χ0) is 12.8. The van der Waals surface area contributed by atoms with Crippen LogP contribution in [0.15, 0.2) is 23.2 Å². The van der Waals surface area contributed by atoms with E-state index in [1.54, 1.807) is 18.0 Å². The predicted octanol–water partition coefficient (Wildman–Crippen LogP) is 1.92. The van der Waals surface area contributed by atoms with Crippen molar-refractivity contribution < 1.29 is 9.59 Å². The number of fused-ring (bicyclic) bond motifs is 1. The zero-order valence-corrected chi connectivity index (χ0v) is 10.3. The predicted molar refractivity (Wildman–Crippen MR) is 67.2 cm³/mol. The van der Waals surface area contributed by atoms with E-state index in [4.69, 9.17) is 0 Å². The number of aliphatic imine (C=N–C) groups is 1. The van der Waals surface area contributed by atoms with Crippen LogP contribution in [0, 0.1) is 0 Å². The van der Waals surface area contributed by atoms with Crippen molar-refractivity contribution >= 4 is 17.7 Å². The van der Waals surface area contributed by atoms with Gasteiger partial charge in [0.1, 0.15) is 0 Å². The van der Waals surface area contributed by atoms with Crippen LogP contribution in [0.5, 0.6) is 0 Å². The first-order valence-corrected chi connectivity index (χ1v) is 6.15. The fraction of sp³-hybridized carbons (Fsp3) is 0.429. The highest BCUT2D eigenvalue weighted by Gasteiger charge is 2.40. The van der Waals surface area contributed by atoms with Crippen molar-refractivity contribution in [2.45, 2.75) is 31.2 Å². The van der Waals surface area contributed by atoms with Crippen LogP contribution >= 0.6 is 0 Å². The summed E-state index contributed by atoms with van der Waals surface area (Å²) >= 11 is 0. The normalized spacial score (nSPS) is 20.1. The Hall–Kier alpha value is -1.93. The number of anilines is 1. The average molecular weight is 242 g/mol. The maximum Gasteiger partial charge on any atom is 0.235 e. The summed E-state index contributed by atoms with van der Waals surface area (Å²) < 4.78 is 0. The molecular formula is C14H14N2O2. The van der Waals surface area contributed by atoms with Gasteiger partial charge in [-0.15, -0.1) is 0 Å². The Kier molecular flexibility index (Phi) is 2.35. The van der Waals surface area contributed by atoms with Crippen LogP contribution in [-0.4, -0.2) is 19.0 Å². The molecule has 0 aromatic heterocycles. The summed E-state index contributed by atoms with van der Waals surface area (Å²) in [5.41, 5.74) is 2.64. The molecular weight excluding hydrogens is 228 g/mol. The minimum atomic E-state index is -0.386. The molecule has 0 spiro atoms. The summed E-state index contributed by atoms with van der Waals surface area (Å²) in [6.45, 7) is 0. The molecule has 4 nitrogen and oxygen atoms in total. The highest BCUT2D eigenvalue weighted by Crippen LogP contribution is 2.46. The Morgan fingerprint density at radius 3 is 2.78 bits per heavy atom. The van der Waals surface area contributed by atoms with Gasteiger partial charge in [-0.1, -0.05) is 12.1 Å². The first-order chi connectivity index (χ1) is 8.66. The summed E-state index contributed by atoms with van der Waals surface area (Å²) in [5, 5.41) is 0. The molecule has 1 aliphatic heterocycles. The lowest BCUT2D eigenvalue weighted by atomic mass is 9.72. The molecule has 1 amide bonds. The van der Waals surface area contributed by atoms with Gasteiger partial charge in [-0.3, -0.25) is 4.79 Å². The summed E-state index contributed by atoms with van der Waals surface area (Å²) in [5.74, 6) is 0.115. The lowest BCUT2D eigenvalue weighted by molar-refractivity contribution is -0.117. The van der Waals surface area contributed by atoms with E-state index in [0.29, 0.717) is 6.42 Å². The van der Waals surface area contributed by atoms with Crippen LogP contribution in [0.1, 0.15) is 30.4 Å². The third kappa shape index (κ3) is 1.42. The van der Waals surface area contributed by atoms with Crippen molar-refractivity contribution in [3.05, 3.63) is 29.3 Å². The number of rotatable bonds is 2. The van der Waals surface area contributed by atoms with E-state index in [9.17, 15) is 9.59 Å². The Morgan fingerprint density at radius 1 is 1.39 bits per heavy atom. The quantitative estimate of drug-likeness (QED) is 0.587. The molecule has 1 aliphatic carbocycles. The first-order valence-electron chi connectivity index (χ1n) is 6.15. The monoisotopic (exact) mass is 242 g/mol. The number of isocyanates is 1. The van der Waals surface area contributed by atoms with Crippen molar-refractivity contribution in [3.8, 4) is 0 Å². The molecule has 4 heteroatoms. The summed E-state index contributed by atoms with van der Waals surface area (Å²) in [6.07, 6.45) is 5.02. The Balaban J connectivity index is 2.06. The Labute approximate surface area is 105 Å². The number of carbonyl (C=O) groups is 1. The summed E-state index contributed by atoms with van der Waals surface area (Å²) in [7, 11) is 1.79. The van der Waals surface area contributed by atoms with Crippen molar-refractivity contribution in [3.63, 3.8) is 0 Å². The third-order valence-electron chi connectivity index (χ3n) is 4.14. The standard InChI is InChI=1S/C14H14N2O2/c1-16-12-8-11(4-3-10(12)7-13(16)18)14(15-9-17)5-2-6-14/h3-4,8H,2,5-7H2,1H3. The van der Waals surface area contributed by atoms with Crippen LogP contribution in [0.3, 0.4) is 0 Å². The van der Waals surface area contributed by atoms with Gasteiger partial charge in [0.15, 0.2) is 0 Å². The molecule has 1 aromatic carbocycles. The minimum absolute atomic E-state index is 0.115. The molecule has 1 fully saturated rings. The van der Waals surface area contributed by atoms with Crippen molar-refractivity contribution in [1.29, 1.82) is 0 Å². The summed E-state index contributed by atoms with van der Waals surface area (Å²) in [4.78, 5) is 27.9. The van der Waals surface area contributed by atoms with Crippen molar-refractivity contribution in [2.24, 2.45) is 4.99 Å². The van der Waals surface area contributed by atoms with Gasteiger partial charge in [-0.2, -0.15) is 4.99 Å². The van der Waals surface area contributed by atoms with Crippen LogP contribution in [0.25, 0.3) is 0 Å². The molecule has 92 valence electrons. The smallest absolute Gasteiger partial charge is 0.235 e. The largest absolute Gasteiger partial charge is 0.315 e. The highest BCUT2D eigenvalue weighted by atomic mass is 16.2. The maximum atomic E-state index is 11.6. The van der Waals surface area contributed by atoms with Crippen molar-refractivity contribution in [1.82, 2.24) is 0 Å². The molecule has 0 atom stereocenters. The van der Waals surface area contributed by atoms with Gasteiger partial charge in [0.25, 0.3) is 0 Å². The number of amides is 1. The lowest BCUT2D eigenvalue weighted by Crippen LogP contribution is -2.32. The van der Waals surface area contributed by atoms with Gasteiger partial charge in [0, 0.05) is 12.7 Å². The molecule has 1 heterocycles. The molecule has 1 aromatic rings.